The lowest BCUT2D eigenvalue weighted by atomic mass is 10.1. The fourth-order valence-corrected chi connectivity index (χ4v) is 2.54. The summed E-state index contributed by atoms with van der Waals surface area (Å²) in [6.45, 7) is 5.49. The molecule has 1 aliphatic heterocycles. The van der Waals surface area contributed by atoms with Gasteiger partial charge in [-0.1, -0.05) is 18.2 Å². The van der Waals surface area contributed by atoms with Crippen LogP contribution in [0.1, 0.15) is 25.6 Å². The zero-order valence-electron chi connectivity index (χ0n) is 12.3. The fourth-order valence-electron chi connectivity index (χ4n) is 2.54. The van der Waals surface area contributed by atoms with E-state index in [0.29, 0.717) is 19.8 Å². The van der Waals surface area contributed by atoms with Crippen molar-refractivity contribution in [1.29, 1.82) is 0 Å². The molecule has 0 aromatic heterocycles. The average Bonchev–Trinajstić information content (AvgIpc) is 2.86. The summed E-state index contributed by atoms with van der Waals surface area (Å²) in [5.74, 6) is 0.876. The second kappa shape index (κ2) is 6.72. The third kappa shape index (κ3) is 2.94. The number of carbonyl (C=O) groups is 1. The molecule has 5 nitrogen and oxygen atoms in total. The summed E-state index contributed by atoms with van der Waals surface area (Å²) in [4.78, 5) is 14.0. The van der Waals surface area contributed by atoms with Gasteiger partial charge < -0.3 is 14.4 Å². The number of nitrogens with one attached hydrogen (secondary N) is 1. The van der Waals surface area contributed by atoms with Gasteiger partial charge in [0, 0.05) is 12.2 Å². The molecule has 1 aliphatic rings. The minimum absolute atomic E-state index is 0.0207. The van der Waals surface area contributed by atoms with Crippen molar-refractivity contribution in [2.45, 2.75) is 26.1 Å². The van der Waals surface area contributed by atoms with Crippen LogP contribution in [0.15, 0.2) is 24.3 Å². The molecule has 110 valence electrons. The maximum atomic E-state index is 12.1. The average molecular weight is 278 g/mol. The first-order valence-electron chi connectivity index (χ1n) is 6.94. The van der Waals surface area contributed by atoms with E-state index in [1.54, 1.807) is 7.11 Å². The Hall–Kier alpha value is -1.59. The highest BCUT2D eigenvalue weighted by atomic mass is 16.5. The normalized spacial score (nSPS) is 20.2. The van der Waals surface area contributed by atoms with E-state index in [1.807, 2.05) is 43.0 Å². The van der Waals surface area contributed by atoms with Crippen molar-refractivity contribution in [3.8, 4) is 5.75 Å². The predicted molar refractivity (Wildman–Crippen MR) is 76.5 cm³/mol. The predicted octanol–water partition coefficient (Wildman–Crippen LogP) is 1.55. The lowest BCUT2D eigenvalue weighted by Gasteiger charge is -2.31. The molecule has 0 saturated carbocycles. The Balaban J connectivity index is 2.23. The second-order valence-electron chi connectivity index (χ2n) is 4.83. The number of carbonyl (C=O) groups excluding carboxylic acids is 1. The minimum atomic E-state index is -0.158. The molecular weight excluding hydrogens is 256 g/mol. The first-order chi connectivity index (χ1) is 9.69. The number of ether oxygens (including phenoxy) is 2. The van der Waals surface area contributed by atoms with Gasteiger partial charge >= 0.3 is 0 Å². The van der Waals surface area contributed by atoms with Crippen LogP contribution in [-0.4, -0.2) is 43.7 Å². The minimum Gasteiger partial charge on any atom is -0.496 e. The summed E-state index contributed by atoms with van der Waals surface area (Å²) in [6, 6.07) is 7.79. The molecular formula is C15H22N2O3. The topological polar surface area (TPSA) is 50.8 Å². The number of benzene rings is 1. The van der Waals surface area contributed by atoms with Crippen LogP contribution in [0.2, 0.25) is 0 Å². The Morgan fingerprint density at radius 3 is 2.90 bits per heavy atom. The van der Waals surface area contributed by atoms with Crippen LogP contribution in [0.4, 0.5) is 0 Å². The van der Waals surface area contributed by atoms with Gasteiger partial charge in [0.15, 0.2) is 0 Å². The molecule has 0 radical (unpaired) electrons. The van der Waals surface area contributed by atoms with Crippen LogP contribution in [0.5, 0.6) is 5.75 Å². The summed E-state index contributed by atoms with van der Waals surface area (Å²) in [6.07, 6.45) is -0.158. The van der Waals surface area contributed by atoms with Gasteiger partial charge in [0.1, 0.15) is 11.9 Å². The monoisotopic (exact) mass is 278 g/mol. The zero-order chi connectivity index (χ0) is 14.5. The van der Waals surface area contributed by atoms with Crippen LogP contribution >= 0.6 is 0 Å². The maximum Gasteiger partial charge on any atom is 0.238 e. The molecule has 0 aliphatic carbocycles. The Kier molecular flexibility index (Phi) is 4.98. The molecule has 1 aromatic carbocycles. The highest BCUT2D eigenvalue weighted by Crippen LogP contribution is 2.31. The quantitative estimate of drug-likeness (QED) is 0.858. The first kappa shape index (κ1) is 14.8. The Morgan fingerprint density at radius 2 is 2.20 bits per heavy atom. The number of hydrogen-bond donors (Lipinski definition) is 1. The van der Waals surface area contributed by atoms with Crippen molar-refractivity contribution in [1.82, 2.24) is 10.2 Å². The number of nitrogens with zero attached hydrogens (tertiary/aromatic N) is 1. The van der Waals surface area contributed by atoms with E-state index >= 15 is 0 Å². The zero-order valence-corrected chi connectivity index (χ0v) is 12.3. The van der Waals surface area contributed by atoms with Crippen molar-refractivity contribution >= 4 is 5.91 Å². The van der Waals surface area contributed by atoms with E-state index in [-0.39, 0.29) is 18.1 Å². The van der Waals surface area contributed by atoms with E-state index in [0.717, 1.165) is 11.3 Å². The molecule has 0 bridgehead atoms. The lowest BCUT2D eigenvalue weighted by Crippen LogP contribution is -2.40. The third-order valence-electron chi connectivity index (χ3n) is 3.48. The van der Waals surface area contributed by atoms with Gasteiger partial charge in [-0.3, -0.25) is 10.1 Å². The van der Waals surface area contributed by atoms with Crippen molar-refractivity contribution in [2.75, 3.05) is 26.9 Å². The third-order valence-corrected chi connectivity index (χ3v) is 3.48. The van der Waals surface area contributed by atoms with E-state index in [1.165, 1.54) is 0 Å². The van der Waals surface area contributed by atoms with Crippen molar-refractivity contribution in [2.24, 2.45) is 0 Å². The molecule has 2 atom stereocenters. The van der Waals surface area contributed by atoms with Crippen molar-refractivity contribution in [3.05, 3.63) is 29.8 Å². The van der Waals surface area contributed by atoms with Crippen molar-refractivity contribution in [3.63, 3.8) is 0 Å². The van der Waals surface area contributed by atoms with Gasteiger partial charge in [-0.05, 0) is 19.9 Å². The molecule has 1 heterocycles. The van der Waals surface area contributed by atoms with Gasteiger partial charge in [0.25, 0.3) is 0 Å². The molecule has 1 saturated heterocycles. The smallest absolute Gasteiger partial charge is 0.238 e. The summed E-state index contributed by atoms with van der Waals surface area (Å²) < 4.78 is 10.8. The molecule has 20 heavy (non-hydrogen) atoms. The first-order valence-corrected chi connectivity index (χ1v) is 6.94. The summed E-state index contributed by atoms with van der Waals surface area (Å²) in [7, 11) is 1.64. The highest BCUT2D eigenvalue weighted by Gasteiger charge is 2.36. The maximum absolute atomic E-state index is 12.1. The molecule has 1 amide bonds. The van der Waals surface area contributed by atoms with Crippen LogP contribution in [0.3, 0.4) is 0 Å². The van der Waals surface area contributed by atoms with Gasteiger partial charge in [-0.15, -0.1) is 0 Å². The lowest BCUT2D eigenvalue weighted by molar-refractivity contribution is -0.131. The number of methoxy groups -OCH3 is 1. The number of hydrogen-bond acceptors (Lipinski definition) is 4. The van der Waals surface area contributed by atoms with Gasteiger partial charge in [-0.25, -0.2) is 0 Å². The van der Waals surface area contributed by atoms with Crippen LogP contribution in [0.25, 0.3) is 0 Å². The van der Waals surface area contributed by atoms with Gasteiger partial charge in [0.2, 0.25) is 5.91 Å². The van der Waals surface area contributed by atoms with Crippen LogP contribution in [0, 0.1) is 0 Å². The van der Waals surface area contributed by atoms with Gasteiger partial charge in [0.05, 0.1) is 26.3 Å². The van der Waals surface area contributed by atoms with E-state index in [2.05, 4.69) is 5.32 Å². The van der Waals surface area contributed by atoms with E-state index in [4.69, 9.17) is 9.47 Å². The number of rotatable bonds is 6. The Bertz CT molecular complexity index is 464. The van der Waals surface area contributed by atoms with Crippen LogP contribution < -0.4 is 10.1 Å². The summed E-state index contributed by atoms with van der Waals surface area (Å²) >= 11 is 0. The summed E-state index contributed by atoms with van der Waals surface area (Å²) in [5.41, 5.74) is 0.976. The van der Waals surface area contributed by atoms with Crippen LogP contribution in [-0.2, 0) is 9.53 Å². The Labute approximate surface area is 119 Å². The molecule has 2 rings (SSSR count). The molecule has 0 spiro atoms. The molecule has 1 fully saturated rings. The van der Waals surface area contributed by atoms with Crippen molar-refractivity contribution < 1.29 is 14.3 Å². The van der Waals surface area contributed by atoms with E-state index < -0.39 is 0 Å². The standard InChI is InChI=1S/C15H22N2O3/c1-4-20-10-11(2)17-14(18)9-16-15(17)12-7-5-6-8-13(12)19-3/h5-8,11,15-16H,4,9-10H2,1-3H3. The number of para-hydroxylation sites is 1. The second-order valence-corrected chi connectivity index (χ2v) is 4.83. The Morgan fingerprint density at radius 1 is 1.45 bits per heavy atom. The highest BCUT2D eigenvalue weighted by molar-refractivity contribution is 5.81. The largest absolute Gasteiger partial charge is 0.496 e. The molecule has 1 N–H and O–H groups in total. The van der Waals surface area contributed by atoms with Gasteiger partial charge in [-0.2, -0.15) is 0 Å². The van der Waals surface area contributed by atoms with E-state index in [9.17, 15) is 4.79 Å². The SMILES string of the molecule is CCOCC(C)N1C(=O)CNC1c1ccccc1OC. The fraction of sp³-hybridized carbons (Fsp3) is 0.533. The summed E-state index contributed by atoms with van der Waals surface area (Å²) in [5, 5.41) is 3.25. The number of amides is 1. The molecule has 5 heteroatoms. The molecule has 1 aromatic rings. The molecule has 2 unspecified atom stereocenters.